The Balaban J connectivity index is 3.31. The van der Waals surface area contributed by atoms with Crippen molar-refractivity contribution >= 4 is 12.6 Å². The average Bonchev–Trinajstić information content (AvgIpc) is 2.24. The first-order valence-corrected chi connectivity index (χ1v) is 4.10. The summed E-state index contributed by atoms with van der Waals surface area (Å²) in [5, 5.41) is 0. The number of hydrogen-bond acceptors (Lipinski definition) is 2. The summed E-state index contributed by atoms with van der Waals surface area (Å²) < 4.78 is 37.1. The lowest BCUT2D eigenvalue weighted by Crippen LogP contribution is -2.06. The van der Waals surface area contributed by atoms with E-state index in [1.165, 1.54) is 6.07 Å². The van der Waals surface area contributed by atoms with Gasteiger partial charge < -0.3 is 0 Å². The van der Waals surface area contributed by atoms with Crippen LogP contribution >= 0.6 is 0 Å². The SMILES string of the molecule is O=CC#Cc1cc(C=O)cc(C(F)(F)F)c1. The molecule has 0 saturated heterocycles. The highest BCUT2D eigenvalue weighted by atomic mass is 19.4. The second-order valence-corrected chi connectivity index (χ2v) is 2.85. The fourth-order valence-corrected chi connectivity index (χ4v) is 1.07. The molecule has 1 aromatic carbocycles. The summed E-state index contributed by atoms with van der Waals surface area (Å²) in [5.41, 5.74) is -1.12. The number of carbonyl (C=O) groups excluding carboxylic acids is 2. The molecule has 0 amide bonds. The van der Waals surface area contributed by atoms with Gasteiger partial charge in [0.2, 0.25) is 0 Å². The van der Waals surface area contributed by atoms with Crippen molar-refractivity contribution in [2.45, 2.75) is 6.18 Å². The topological polar surface area (TPSA) is 34.1 Å². The molecule has 0 aromatic heterocycles. The lowest BCUT2D eigenvalue weighted by atomic mass is 10.1. The third-order valence-electron chi connectivity index (χ3n) is 1.69. The van der Waals surface area contributed by atoms with Crippen molar-refractivity contribution < 1.29 is 22.8 Å². The highest BCUT2D eigenvalue weighted by molar-refractivity contribution is 5.77. The summed E-state index contributed by atoms with van der Waals surface area (Å²) in [6, 6.07) is 2.68. The predicted molar refractivity (Wildman–Crippen MR) is 49.8 cm³/mol. The van der Waals surface area contributed by atoms with Gasteiger partial charge >= 0.3 is 6.18 Å². The Morgan fingerprint density at radius 1 is 1.12 bits per heavy atom. The molecule has 0 heterocycles. The molecule has 0 fully saturated rings. The van der Waals surface area contributed by atoms with E-state index in [2.05, 4.69) is 5.92 Å². The lowest BCUT2D eigenvalue weighted by Gasteiger charge is -2.07. The highest BCUT2D eigenvalue weighted by Crippen LogP contribution is 2.30. The van der Waals surface area contributed by atoms with Crippen molar-refractivity contribution in [2.75, 3.05) is 0 Å². The maximum absolute atomic E-state index is 12.4. The van der Waals surface area contributed by atoms with Crippen molar-refractivity contribution in [1.82, 2.24) is 0 Å². The van der Waals surface area contributed by atoms with Crippen molar-refractivity contribution in [3.63, 3.8) is 0 Å². The number of carbonyl (C=O) groups is 2. The van der Waals surface area contributed by atoms with Crippen LogP contribution in [-0.2, 0) is 11.0 Å². The molecular weight excluding hydrogens is 221 g/mol. The zero-order valence-corrected chi connectivity index (χ0v) is 7.84. The second kappa shape index (κ2) is 4.62. The maximum Gasteiger partial charge on any atom is 0.416 e. The summed E-state index contributed by atoms with van der Waals surface area (Å²) in [7, 11) is 0. The Morgan fingerprint density at radius 2 is 1.81 bits per heavy atom. The average molecular weight is 226 g/mol. The number of rotatable bonds is 1. The minimum absolute atomic E-state index is 0.0241. The van der Waals surface area contributed by atoms with Crippen molar-refractivity contribution in [3.8, 4) is 11.8 Å². The van der Waals surface area contributed by atoms with E-state index in [-0.39, 0.29) is 17.4 Å². The van der Waals surface area contributed by atoms with Gasteiger partial charge in [0.25, 0.3) is 0 Å². The van der Waals surface area contributed by atoms with Gasteiger partial charge in [-0.05, 0) is 24.1 Å². The Labute approximate surface area is 89.1 Å². The van der Waals surface area contributed by atoms with Crippen LogP contribution in [0, 0.1) is 11.8 Å². The smallest absolute Gasteiger partial charge is 0.298 e. The molecule has 0 atom stereocenters. The van der Waals surface area contributed by atoms with Gasteiger partial charge in [0.1, 0.15) is 6.29 Å². The molecule has 0 N–H and O–H groups in total. The van der Waals surface area contributed by atoms with Crippen LogP contribution in [0.3, 0.4) is 0 Å². The molecule has 0 aliphatic carbocycles. The van der Waals surface area contributed by atoms with Crippen LogP contribution in [0.1, 0.15) is 21.5 Å². The molecule has 0 saturated carbocycles. The van der Waals surface area contributed by atoms with E-state index in [1.807, 2.05) is 5.92 Å². The molecule has 0 bridgehead atoms. The second-order valence-electron chi connectivity index (χ2n) is 2.85. The van der Waals surface area contributed by atoms with E-state index < -0.39 is 11.7 Å². The van der Waals surface area contributed by atoms with E-state index in [1.54, 1.807) is 0 Å². The van der Waals surface area contributed by atoms with E-state index in [0.29, 0.717) is 6.29 Å². The van der Waals surface area contributed by atoms with E-state index in [9.17, 15) is 22.8 Å². The Kier molecular flexibility index (Phi) is 3.46. The Hall–Kier alpha value is -2.09. The fraction of sp³-hybridized carbons (Fsp3) is 0.0909. The summed E-state index contributed by atoms with van der Waals surface area (Å²) in [4.78, 5) is 20.4. The van der Waals surface area contributed by atoms with Crippen LogP contribution in [0.5, 0.6) is 0 Å². The number of alkyl halides is 3. The molecule has 16 heavy (non-hydrogen) atoms. The molecule has 0 radical (unpaired) electrons. The molecule has 1 aromatic rings. The minimum Gasteiger partial charge on any atom is -0.298 e. The van der Waals surface area contributed by atoms with Gasteiger partial charge in [-0.2, -0.15) is 13.2 Å². The fourth-order valence-electron chi connectivity index (χ4n) is 1.07. The monoisotopic (exact) mass is 226 g/mol. The van der Waals surface area contributed by atoms with E-state index in [0.717, 1.165) is 12.1 Å². The predicted octanol–water partition coefficient (Wildman–Crippen LogP) is 2.07. The molecule has 0 unspecified atom stereocenters. The Morgan fingerprint density at radius 3 is 2.31 bits per heavy atom. The van der Waals surface area contributed by atoms with Crippen LogP contribution in [-0.4, -0.2) is 12.6 Å². The van der Waals surface area contributed by atoms with Crippen LogP contribution < -0.4 is 0 Å². The summed E-state index contributed by atoms with van der Waals surface area (Å²) in [6.07, 6.45) is -3.99. The van der Waals surface area contributed by atoms with Crippen LogP contribution in [0.2, 0.25) is 0 Å². The van der Waals surface area contributed by atoms with Gasteiger partial charge in [-0.1, -0.05) is 5.92 Å². The zero-order chi connectivity index (χ0) is 12.2. The van der Waals surface area contributed by atoms with Crippen LogP contribution in [0.25, 0.3) is 0 Å². The van der Waals surface area contributed by atoms with Gasteiger partial charge in [-0.15, -0.1) is 0 Å². The van der Waals surface area contributed by atoms with Crippen molar-refractivity contribution in [2.24, 2.45) is 0 Å². The van der Waals surface area contributed by atoms with Gasteiger partial charge in [-0.25, -0.2) is 0 Å². The molecule has 0 spiro atoms. The third kappa shape index (κ3) is 2.95. The molecule has 0 aliphatic rings. The standard InChI is InChI=1S/C11H5F3O2/c12-11(13,14)10-5-8(2-1-3-15)4-9(6-10)7-16/h3-7H. The summed E-state index contributed by atoms with van der Waals surface area (Å²) >= 11 is 0. The molecule has 1 rings (SSSR count). The first-order chi connectivity index (χ1) is 7.47. The number of hydrogen-bond donors (Lipinski definition) is 0. The number of halogens is 3. The van der Waals surface area contributed by atoms with E-state index in [4.69, 9.17) is 0 Å². The van der Waals surface area contributed by atoms with Gasteiger partial charge in [0.15, 0.2) is 6.29 Å². The lowest BCUT2D eigenvalue weighted by molar-refractivity contribution is -0.137. The molecular formula is C11H5F3O2. The third-order valence-corrected chi connectivity index (χ3v) is 1.69. The van der Waals surface area contributed by atoms with Crippen molar-refractivity contribution in [3.05, 3.63) is 34.9 Å². The molecule has 5 heteroatoms. The quantitative estimate of drug-likeness (QED) is 0.542. The number of benzene rings is 1. The molecule has 0 aliphatic heterocycles. The van der Waals surface area contributed by atoms with Gasteiger partial charge in [0, 0.05) is 11.1 Å². The van der Waals surface area contributed by atoms with Gasteiger partial charge in [-0.3, -0.25) is 9.59 Å². The molecule has 2 nitrogen and oxygen atoms in total. The largest absolute Gasteiger partial charge is 0.416 e. The maximum atomic E-state index is 12.4. The summed E-state index contributed by atoms with van der Waals surface area (Å²) in [6.45, 7) is 0. The Bertz CT molecular complexity index is 478. The highest BCUT2D eigenvalue weighted by Gasteiger charge is 2.31. The molecule has 82 valence electrons. The zero-order valence-electron chi connectivity index (χ0n) is 7.84. The van der Waals surface area contributed by atoms with Gasteiger partial charge in [0.05, 0.1) is 5.56 Å². The first kappa shape index (κ1) is 12.0. The van der Waals surface area contributed by atoms with Crippen molar-refractivity contribution in [1.29, 1.82) is 0 Å². The van der Waals surface area contributed by atoms with Crippen LogP contribution in [0.4, 0.5) is 13.2 Å². The van der Waals surface area contributed by atoms with E-state index >= 15 is 0 Å². The normalized spacial score (nSPS) is 10.2. The number of aldehydes is 2. The van der Waals surface area contributed by atoms with Crippen LogP contribution in [0.15, 0.2) is 18.2 Å². The minimum atomic E-state index is -4.55. The summed E-state index contributed by atoms with van der Waals surface area (Å²) in [5.74, 6) is 4.19. The first-order valence-electron chi connectivity index (χ1n) is 4.10.